The molecule has 2 aliphatic rings. The SMILES string of the molecule is CNS/C(C)=C/N=C(C)C(C)(C)O.Cc1c2c(c(NC(N)=O)c3c1CCC3)CCC2. The number of allylic oxidation sites excluding steroid dienone is 1. The summed E-state index contributed by atoms with van der Waals surface area (Å²) in [6.45, 7) is 9.46. The first-order chi connectivity index (χ1) is 14.1. The van der Waals surface area contributed by atoms with Gasteiger partial charge in [-0.25, -0.2) is 4.79 Å². The van der Waals surface area contributed by atoms with E-state index in [1.807, 2.05) is 20.9 Å². The first-order valence-corrected chi connectivity index (χ1v) is 11.4. The number of hydrogen-bond donors (Lipinski definition) is 4. The molecule has 0 spiro atoms. The Labute approximate surface area is 184 Å². The van der Waals surface area contributed by atoms with Crippen LogP contribution in [0.15, 0.2) is 16.1 Å². The molecular formula is C23H36N4O2S. The van der Waals surface area contributed by atoms with Crippen LogP contribution in [0.1, 0.15) is 68.4 Å². The van der Waals surface area contributed by atoms with E-state index >= 15 is 0 Å². The molecule has 1 aromatic rings. The summed E-state index contributed by atoms with van der Waals surface area (Å²) in [4.78, 5) is 16.4. The smallest absolute Gasteiger partial charge is 0.316 e. The van der Waals surface area contributed by atoms with Crippen molar-refractivity contribution in [2.75, 3.05) is 12.4 Å². The number of hydrogen-bond acceptors (Lipinski definition) is 5. The number of nitrogens with two attached hydrogens (primary N) is 1. The molecule has 7 heteroatoms. The minimum atomic E-state index is -0.832. The van der Waals surface area contributed by atoms with E-state index in [2.05, 4.69) is 22.0 Å². The second kappa shape index (κ2) is 10.5. The van der Waals surface area contributed by atoms with Gasteiger partial charge < -0.3 is 16.2 Å². The van der Waals surface area contributed by atoms with Gasteiger partial charge in [0.05, 0.1) is 5.60 Å². The fourth-order valence-corrected chi connectivity index (χ4v) is 4.47. The molecule has 0 aromatic heterocycles. The van der Waals surface area contributed by atoms with Gasteiger partial charge in [-0.3, -0.25) is 9.71 Å². The second-order valence-corrected chi connectivity index (χ2v) is 9.69. The molecule has 3 rings (SSSR count). The Kier molecular flexibility index (Phi) is 8.52. The van der Waals surface area contributed by atoms with Crippen molar-refractivity contribution in [3.63, 3.8) is 0 Å². The van der Waals surface area contributed by atoms with Gasteiger partial charge in [-0.1, -0.05) is 0 Å². The molecule has 1 aromatic carbocycles. The molecule has 2 amide bonds. The number of amides is 2. The van der Waals surface area contributed by atoms with Gasteiger partial charge in [0.2, 0.25) is 0 Å². The van der Waals surface area contributed by atoms with Gasteiger partial charge in [0, 0.05) is 22.5 Å². The first-order valence-electron chi connectivity index (χ1n) is 10.6. The van der Waals surface area contributed by atoms with Crippen LogP contribution in [0.2, 0.25) is 0 Å². The molecule has 0 bridgehead atoms. The first kappa shape index (κ1) is 24.4. The highest BCUT2D eigenvalue weighted by atomic mass is 32.2. The van der Waals surface area contributed by atoms with Crippen LogP contribution in [0, 0.1) is 6.92 Å². The zero-order chi connectivity index (χ0) is 22.5. The summed E-state index contributed by atoms with van der Waals surface area (Å²) < 4.78 is 2.95. The van der Waals surface area contributed by atoms with Crippen molar-refractivity contribution in [1.82, 2.24) is 4.72 Å². The summed E-state index contributed by atoms with van der Waals surface area (Å²) in [5, 5.41) is 12.4. The summed E-state index contributed by atoms with van der Waals surface area (Å²) in [7, 11) is 1.86. The number of rotatable bonds is 5. The Morgan fingerprint density at radius 3 is 2.03 bits per heavy atom. The largest absolute Gasteiger partial charge is 0.385 e. The van der Waals surface area contributed by atoms with Crippen molar-refractivity contribution in [2.45, 2.75) is 78.7 Å². The Bertz CT molecular complexity index is 819. The number of urea groups is 1. The normalized spacial score (nSPS) is 16.0. The fourth-order valence-electron chi connectivity index (χ4n) is 4.04. The second-order valence-electron chi connectivity index (χ2n) is 8.43. The number of aliphatic imine (C=N–C) groups is 1. The van der Waals surface area contributed by atoms with Gasteiger partial charge >= 0.3 is 6.03 Å². The van der Waals surface area contributed by atoms with Crippen molar-refractivity contribution in [3.8, 4) is 0 Å². The summed E-state index contributed by atoms with van der Waals surface area (Å²) in [5.74, 6) is 0. The number of benzene rings is 1. The van der Waals surface area contributed by atoms with Crippen LogP contribution < -0.4 is 15.8 Å². The molecule has 0 aliphatic heterocycles. The molecule has 0 atom stereocenters. The van der Waals surface area contributed by atoms with E-state index in [9.17, 15) is 9.90 Å². The van der Waals surface area contributed by atoms with E-state index in [-0.39, 0.29) is 0 Å². The Balaban J connectivity index is 0.000000224. The highest BCUT2D eigenvalue weighted by molar-refractivity contribution is 8.01. The van der Waals surface area contributed by atoms with Gasteiger partial charge in [-0.05, 0) is 120 Å². The average Bonchev–Trinajstić information content (AvgIpc) is 3.32. The number of fused-ring (bicyclic) bond motifs is 2. The van der Waals surface area contributed by atoms with Crippen molar-refractivity contribution >= 4 is 29.4 Å². The average molecular weight is 433 g/mol. The lowest BCUT2D eigenvalue weighted by molar-refractivity contribution is 0.153. The van der Waals surface area contributed by atoms with Crippen LogP contribution in [-0.2, 0) is 25.7 Å². The molecule has 0 unspecified atom stereocenters. The van der Waals surface area contributed by atoms with Crippen LogP contribution in [0.25, 0.3) is 0 Å². The van der Waals surface area contributed by atoms with Crippen molar-refractivity contribution < 1.29 is 9.90 Å². The lowest BCUT2D eigenvalue weighted by atomic mass is 9.93. The zero-order valence-corrected chi connectivity index (χ0v) is 19.9. The van der Waals surface area contributed by atoms with Gasteiger partial charge in [-0.15, -0.1) is 0 Å². The Morgan fingerprint density at radius 2 is 1.60 bits per heavy atom. The highest BCUT2D eigenvalue weighted by Crippen LogP contribution is 2.41. The third kappa shape index (κ3) is 6.09. The van der Waals surface area contributed by atoms with Crippen LogP contribution in [-0.4, -0.2) is 29.5 Å². The molecule has 2 aliphatic carbocycles. The standard InChI is InChI=1S/C14H18N2O.C9H18N2OS/c1-8-9-4-2-6-11(9)13(16-14(15)17)12-7-3-5-10(8)12;1-7(13-10-5)6-11-8(2)9(3,4)12/h2-7H2,1H3,(H3,15,16,17);6,10,12H,1-5H3/b;7-6+,11-8?. The quantitative estimate of drug-likeness (QED) is 0.409. The minimum absolute atomic E-state index is 0.433. The fraction of sp³-hybridized carbons (Fsp3) is 0.565. The predicted molar refractivity (Wildman–Crippen MR) is 128 cm³/mol. The molecule has 0 saturated heterocycles. The topological polar surface area (TPSA) is 99.7 Å². The van der Waals surface area contributed by atoms with Gasteiger partial charge in [0.25, 0.3) is 0 Å². The lowest BCUT2D eigenvalue weighted by Crippen LogP contribution is -2.28. The van der Waals surface area contributed by atoms with Crippen LogP contribution in [0.3, 0.4) is 0 Å². The van der Waals surface area contributed by atoms with Crippen LogP contribution in [0.5, 0.6) is 0 Å². The minimum Gasteiger partial charge on any atom is -0.385 e. The van der Waals surface area contributed by atoms with E-state index < -0.39 is 11.6 Å². The number of anilines is 1. The molecule has 0 saturated carbocycles. The van der Waals surface area contributed by atoms with E-state index in [0.29, 0.717) is 5.71 Å². The summed E-state index contributed by atoms with van der Waals surface area (Å²) in [5.41, 5.74) is 13.3. The monoisotopic (exact) mass is 432 g/mol. The molecule has 0 heterocycles. The van der Waals surface area contributed by atoms with E-state index in [1.165, 1.54) is 52.6 Å². The number of nitrogens with zero attached hydrogens (tertiary/aromatic N) is 1. The lowest BCUT2D eigenvalue weighted by Gasteiger charge is -2.18. The zero-order valence-electron chi connectivity index (χ0n) is 19.1. The van der Waals surface area contributed by atoms with Crippen molar-refractivity contribution in [1.29, 1.82) is 0 Å². The molecule has 30 heavy (non-hydrogen) atoms. The van der Waals surface area contributed by atoms with E-state index in [4.69, 9.17) is 5.73 Å². The third-order valence-electron chi connectivity index (χ3n) is 5.78. The third-order valence-corrected chi connectivity index (χ3v) is 6.41. The number of nitrogens with one attached hydrogen (secondary N) is 2. The van der Waals surface area contributed by atoms with Gasteiger partial charge in [0.15, 0.2) is 0 Å². The predicted octanol–water partition coefficient (Wildman–Crippen LogP) is 4.41. The maximum absolute atomic E-state index is 11.2. The van der Waals surface area contributed by atoms with Gasteiger partial charge in [-0.2, -0.15) is 0 Å². The summed E-state index contributed by atoms with van der Waals surface area (Å²) in [6, 6.07) is -0.433. The van der Waals surface area contributed by atoms with E-state index in [0.717, 1.165) is 36.3 Å². The highest BCUT2D eigenvalue weighted by Gasteiger charge is 2.27. The van der Waals surface area contributed by atoms with Crippen LogP contribution >= 0.6 is 11.9 Å². The molecule has 5 N–H and O–H groups in total. The number of primary amides is 1. The summed E-state index contributed by atoms with van der Waals surface area (Å²) in [6.07, 6.45) is 8.62. The van der Waals surface area contributed by atoms with E-state index in [1.54, 1.807) is 20.0 Å². The molecule has 6 nitrogen and oxygen atoms in total. The van der Waals surface area contributed by atoms with Crippen LogP contribution in [0.4, 0.5) is 10.5 Å². The number of carbonyl (C=O) groups excluding carboxylic acids is 1. The van der Waals surface area contributed by atoms with Crippen molar-refractivity contribution in [2.24, 2.45) is 10.7 Å². The Hall–Kier alpha value is -1.83. The summed E-state index contributed by atoms with van der Waals surface area (Å²) >= 11 is 1.51. The molecular weight excluding hydrogens is 396 g/mol. The van der Waals surface area contributed by atoms with Crippen molar-refractivity contribution in [3.05, 3.63) is 38.9 Å². The molecule has 166 valence electrons. The molecule has 0 radical (unpaired) electrons. The van der Waals surface area contributed by atoms with Gasteiger partial charge in [0.1, 0.15) is 0 Å². The number of aliphatic hydroxyl groups is 1. The molecule has 0 fully saturated rings. The number of carbonyl (C=O) groups is 1. The Morgan fingerprint density at radius 1 is 1.10 bits per heavy atom. The maximum atomic E-state index is 11.2. The maximum Gasteiger partial charge on any atom is 0.316 e.